The molecule has 0 amide bonds. The van der Waals surface area contributed by atoms with Gasteiger partial charge in [0.25, 0.3) is 0 Å². The summed E-state index contributed by atoms with van der Waals surface area (Å²) in [4.78, 5) is 0. The molecule has 1 aliphatic rings. The van der Waals surface area contributed by atoms with Gasteiger partial charge in [-0.15, -0.1) is 11.6 Å². The van der Waals surface area contributed by atoms with Gasteiger partial charge in [-0.25, -0.2) is 0 Å². The van der Waals surface area contributed by atoms with E-state index in [-0.39, 0.29) is 5.38 Å². The summed E-state index contributed by atoms with van der Waals surface area (Å²) in [6.07, 6.45) is 7.75. The normalized spacial score (nSPS) is 20.7. The van der Waals surface area contributed by atoms with Crippen LogP contribution in [0.3, 0.4) is 0 Å². The quantitative estimate of drug-likeness (QED) is 0.492. The third-order valence-electron chi connectivity index (χ3n) is 5.36. The maximum absolute atomic E-state index is 6.98. The second kappa shape index (κ2) is 7.18. The zero-order chi connectivity index (χ0) is 15.5. The Morgan fingerprint density at radius 2 is 1.52 bits per heavy atom. The van der Waals surface area contributed by atoms with Gasteiger partial charge in [0, 0.05) is 0 Å². The lowest BCUT2D eigenvalue weighted by Gasteiger charge is -2.36. The molecule has 1 aliphatic carbocycles. The number of hydrogen-bond donors (Lipinski definition) is 0. The lowest BCUT2D eigenvalue weighted by molar-refractivity contribution is 0.223. The SMILES string of the molecule is CCC(C)c1ccc(C(Cl)C2(CC(C)C)CCCC2)cc1. The summed E-state index contributed by atoms with van der Waals surface area (Å²) in [5.41, 5.74) is 3.09. The van der Waals surface area contributed by atoms with Crippen LogP contribution in [-0.2, 0) is 0 Å². The highest BCUT2D eigenvalue weighted by Crippen LogP contribution is 2.54. The zero-order valence-electron chi connectivity index (χ0n) is 14.2. The van der Waals surface area contributed by atoms with Gasteiger partial charge < -0.3 is 0 Å². The fourth-order valence-corrected chi connectivity index (χ4v) is 4.49. The van der Waals surface area contributed by atoms with Crippen molar-refractivity contribution in [1.82, 2.24) is 0 Å². The molecule has 0 aromatic heterocycles. The van der Waals surface area contributed by atoms with Gasteiger partial charge in [0.05, 0.1) is 5.38 Å². The second-order valence-electron chi connectivity index (χ2n) is 7.51. The van der Waals surface area contributed by atoms with E-state index in [1.165, 1.54) is 49.7 Å². The van der Waals surface area contributed by atoms with Crippen molar-refractivity contribution < 1.29 is 0 Å². The van der Waals surface area contributed by atoms with E-state index in [0.717, 1.165) is 5.92 Å². The minimum Gasteiger partial charge on any atom is -0.117 e. The van der Waals surface area contributed by atoms with Crippen molar-refractivity contribution in [2.45, 2.75) is 77.5 Å². The number of hydrogen-bond acceptors (Lipinski definition) is 0. The van der Waals surface area contributed by atoms with Gasteiger partial charge in [-0.2, -0.15) is 0 Å². The van der Waals surface area contributed by atoms with Crippen molar-refractivity contribution in [2.75, 3.05) is 0 Å². The van der Waals surface area contributed by atoms with E-state index < -0.39 is 0 Å². The monoisotopic (exact) mass is 306 g/mol. The first-order valence-corrected chi connectivity index (χ1v) is 9.16. The Labute approximate surface area is 136 Å². The van der Waals surface area contributed by atoms with Gasteiger partial charge in [0.1, 0.15) is 0 Å². The summed E-state index contributed by atoms with van der Waals surface area (Å²) >= 11 is 6.98. The fourth-order valence-electron chi connectivity index (χ4n) is 4.04. The van der Waals surface area contributed by atoms with E-state index >= 15 is 0 Å². The van der Waals surface area contributed by atoms with E-state index in [1.54, 1.807) is 0 Å². The molecule has 2 atom stereocenters. The molecule has 0 bridgehead atoms. The molecule has 0 nitrogen and oxygen atoms in total. The molecule has 0 spiro atoms. The van der Waals surface area contributed by atoms with Crippen molar-refractivity contribution in [2.24, 2.45) is 11.3 Å². The first-order valence-electron chi connectivity index (χ1n) is 8.72. The van der Waals surface area contributed by atoms with Crippen LogP contribution in [0.4, 0.5) is 0 Å². The highest BCUT2D eigenvalue weighted by atomic mass is 35.5. The minimum absolute atomic E-state index is 0.174. The summed E-state index contributed by atoms with van der Waals surface area (Å²) in [6, 6.07) is 9.13. The standard InChI is InChI=1S/C20H31Cl/c1-5-16(4)17-8-10-18(11-9-17)19(21)20(14-15(2)3)12-6-7-13-20/h8-11,15-16,19H,5-7,12-14H2,1-4H3. The van der Waals surface area contributed by atoms with E-state index in [9.17, 15) is 0 Å². The molecular formula is C20H31Cl. The van der Waals surface area contributed by atoms with E-state index in [1.807, 2.05) is 0 Å². The number of benzene rings is 1. The van der Waals surface area contributed by atoms with Crippen molar-refractivity contribution in [3.63, 3.8) is 0 Å². The maximum atomic E-state index is 6.98. The Hall–Kier alpha value is -0.490. The fraction of sp³-hybridized carbons (Fsp3) is 0.700. The molecule has 1 heteroatoms. The Morgan fingerprint density at radius 3 is 2.00 bits per heavy atom. The highest BCUT2D eigenvalue weighted by molar-refractivity contribution is 6.21. The average Bonchev–Trinajstić information content (AvgIpc) is 2.94. The molecule has 2 rings (SSSR count). The van der Waals surface area contributed by atoms with Gasteiger partial charge in [-0.05, 0) is 54.1 Å². The number of alkyl halides is 1. The molecular weight excluding hydrogens is 276 g/mol. The van der Waals surface area contributed by atoms with E-state index in [0.29, 0.717) is 11.3 Å². The smallest absolute Gasteiger partial charge is 0.0641 e. The largest absolute Gasteiger partial charge is 0.117 e. The summed E-state index contributed by atoms with van der Waals surface area (Å²) in [5, 5.41) is 0.174. The predicted octanol–water partition coefficient (Wildman–Crippen LogP) is 7.09. The van der Waals surface area contributed by atoms with Crippen LogP contribution in [0.1, 0.15) is 88.6 Å². The van der Waals surface area contributed by atoms with Crippen LogP contribution in [0.15, 0.2) is 24.3 Å². The number of rotatable bonds is 6. The molecule has 118 valence electrons. The molecule has 1 saturated carbocycles. The van der Waals surface area contributed by atoms with Crippen LogP contribution in [0.25, 0.3) is 0 Å². The van der Waals surface area contributed by atoms with E-state index in [2.05, 4.69) is 52.0 Å². The topological polar surface area (TPSA) is 0 Å². The molecule has 21 heavy (non-hydrogen) atoms. The Balaban J connectivity index is 2.19. The highest BCUT2D eigenvalue weighted by Gasteiger charge is 2.41. The van der Waals surface area contributed by atoms with Gasteiger partial charge in [-0.3, -0.25) is 0 Å². The molecule has 0 radical (unpaired) electrons. The minimum atomic E-state index is 0.174. The van der Waals surface area contributed by atoms with Crippen molar-refractivity contribution in [3.05, 3.63) is 35.4 Å². The van der Waals surface area contributed by atoms with Crippen molar-refractivity contribution in [1.29, 1.82) is 0 Å². The molecule has 0 saturated heterocycles. The lowest BCUT2D eigenvalue weighted by Crippen LogP contribution is -2.24. The number of halogens is 1. The third kappa shape index (κ3) is 3.83. The van der Waals surface area contributed by atoms with Gasteiger partial charge >= 0.3 is 0 Å². The van der Waals surface area contributed by atoms with Crippen LogP contribution in [0.2, 0.25) is 0 Å². The summed E-state index contributed by atoms with van der Waals surface area (Å²) in [5.74, 6) is 1.37. The van der Waals surface area contributed by atoms with Crippen LogP contribution >= 0.6 is 11.6 Å². The molecule has 1 aromatic rings. The molecule has 0 aliphatic heterocycles. The molecule has 0 N–H and O–H groups in total. The molecule has 2 unspecified atom stereocenters. The van der Waals surface area contributed by atoms with Gasteiger partial charge in [0.15, 0.2) is 0 Å². The molecule has 0 heterocycles. The summed E-state index contributed by atoms with van der Waals surface area (Å²) < 4.78 is 0. The Morgan fingerprint density at radius 1 is 1.00 bits per heavy atom. The first kappa shape index (κ1) is 16.9. The molecule has 1 fully saturated rings. The summed E-state index contributed by atoms with van der Waals surface area (Å²) in [6.45, 7) is 9.20. The van der Waals surface area contributed by atoms with Crippen molar-refractivity contribution in [3.8, 4) is 0 Å². The van der Waals surface area contributed by atoms with Gasteiger partial charge in [-0.1, -0.05) is 64.8 Å². The van der Waals surface area contributed by atoms with Crippen LogP contribution in [-0.4, -0.2) is 0 Å². The van der Waals surface area contributed by atoms with Crippen LogP contribution < -0.4 is 0 Å². The Kier molecular flexibility index (Phi) is 5.77. The Bertz CT molecular complexity index is 426. The maximum Gasteiger partial charge on any atom is 0.0641 e. The van der Waals surface area contributed by atoms with Crippen molar-refractivity contribution >= 4 is 11.6 Å². The predicted molar refractivity (Wildman–Crippen MR) is 94.1 cm³/mol. The van der Waals surface area contributed by atoms with Crippen LogP contribution in [0.5, 0.6) is 0 Å². The average molecular weight is 307 g/mol. The molecule has 1 aromatic carbocycles. The first-order chi connectivity index (χ1) is 9.98. The van der Waals surface area contributed by atoms with Gasteiger partial charge in [0.2, 0.25) is 0 Å². The van der Waals surface area contributed by atoms with Crippen LogP contribution in [0, 0.1) is 11.3 Å². The van der Waals surface area contributed by atoms with E-state index in [4.69, 9.17) is 11.6 Å². The second-order valence-corrected chi connectivity index (χ2v) is 7.94. The zero-order valence-corrected chi connectivity index (χ0v) is 14.9. The third-order valence-corrected chi connectivity index (χ3v) is 6.08. The lowest BCUT2D eigenvalue weighted by atomic mass is 9.73. The summed E-state index contributed by atoms with van der Waals surface area (Å²) in [7, 11) is 0.